The van der Waals surface area contributed by atoms with Crippen molar-refractivity contribution in [3.63, 3.8) is 0 Å². The zero-order valence-electron chi connectivity index (χ0n) is 16.1. The summed E-state index contributed by atoms with van der Waals surface area (Å²) in [4.78, 5) is 50.6. The highest BCUT2D eigenvalue weighted by atomic mass is 32.2. The van der Waals surface area contributed by atoms with Crippen LogP contribution in [0.3, 0.4) is 0 Å². The molecule has 0 aromatic heterocycles. The molecule has 3 amide bonds. The summed E-state index contributed by atoms with van der Waals surface area (Å²) in [5.41, 5.74) is 2.16. The van der Waals surface area contributed by atoms with Gasteiger partial charge in [-0.3, -0.25) is 24.1 Å². The predicted molar refractivity (Wildman–Crippen MR) is 109 cm³/mol. The molecule has 0 saturated heterocycles. The number of nitrogens with one attached hydrogen (secondary N) is 1. The van der Waals surface area contributed by atoms with Crippen LogP contribution in [-0.2, 0) is 14.3 Å². The summed E-state index contributed by atoms with van der Waals surface area (Å²) in [6.07, 6.45) is 1.75. The molecule has 3 rings (SSSR count). The lowest BCUT2D eigenvalue weighted by atomic mass is 10.1. The lowest BCUT2D eigenvalue weighted by Gasteiger charge is -2.13. The van der Waals surface area contributed by atoms with Crippen molar-refractivity contribution in [3.05, 3.63) is 59.2 Å². The minimum absolute atomic E-state index is 0.0956. The van der Waals surface area contributed by atoms with Gasteiger partial charge in [0.25, 0.3) is 17.7 Å². The second-order valence-electron chi connectivity index (χ2n) is 6.50. The van der Waals surface area contributed by atoms with Gasteiger partial charge in [0.1, 0.15) is 0 Å². The van der Waals surface area contributed by atoms with Crippen LogP contribution in [0.4, 0.5) is 5.69 Å². The number of rotatable bonds is 7. The monoisotopic (exact) mass is 412 g/mol. The minimum Gasteiger partial charge on any atom is -0.456 e. The van der Waals surface area contributed by atoms with Crippen LogP contribution in [0, 0.1) is 6.92 Å². The molecule has 1 aliphatic rings. The van der Waals surface area contributed by atoms with Crippen molar-refractivity contribution in [2.24, 2.45) is 0 Å². The van der Waals surface area contributed by atoms with Crippen LogP contribution in [0.2, 0.25) is 0 Å². The fourth-order valence-corrected chi connectivity index (χ4v) is 3.39. The van der Waals surface area contributed by atoms with Crippen LogP contribution in [-0.4, -0.2) is 48.0 Å². The number of nitrogens with zero attached hydrogens (tertiary/aromatic N) is 1. The molecule has 2 aromatic rings. The number of amides is 3. The van der Waals surface area contributed by atoms with Crippen molar-refractivity contribution in [2.75, 3.05) is 24.7 Å². The predicted octanol–water partition coefficient (Wildman–Crippen LogP) is 2.88. The average molecular weight is 412 g/mol. The second-order valence-corrected chi connectivity index (χ2v) is 7.38. The van der Waals surface area contributed by atoms with Gasteiger partial charge in [-0.1, -0.05) is 17.7 Å². The Morgan fingerprint density at radius 3 is 2.59 bits per heavy atom. The summed E-state index contributed by atoms with van der Waals surface area (Å²) in [5, 5.41) is 2.65. The maximum absolute atomic E-state index is 12.4. The zero-order chi connectivity index (χ0) is 21.0. The highest BCUT2D eigenvalue weighted by Gasteiger charge is 2.35. The molecule has 0 aliphatic carbocycles. The highest BCUT2D eigenvalue weighted by Crippen LogP contribution is 2.24. The molecule has 0 atom stereocenters. The van der Waals surface area contributed by atoms with Gasteiger partial charge in [0.05, 0.1) is 17.5 Å². The van der Waals surface area contributed by atoms with Gasteiger partial charge in [-0.25, -0.2) is 0 Å². The molecule has 2 aromatic carbocycles. The Balaban J connectivity index is 1.47. The number of esters is 1. The summed E-state index contributed by atoms with van der Waals surface area (Å²) in [5.74, 6) is -1.98. The Morgan fingerprint density at radius 1 is 1.07 bits per heavy atom. The second kappa shape index (κ2) is 8.91. The van der Waals surface area contributed by atoms with Gasteiger partial charge in [0.2, 0.25) is 0 Å². The van der Waals surface area contributed by atoms with E-state index in [1.807, 2.05) is 31.4 Å². The van der Waals surface area contributed by atoms with Crippen LogP contribution in [0.25, 0.3) is 0 Å². The standard InChI is InChI=1S/C21H20N2O5S/c1-13-6-7-16-17(10-13)21(27)23(20(16)26)9-8-19(25)28-12-18(24)22-14-4-3-5-15(11-14)29-2/h3-7,10-11H,8-9,12H2,1-2H3,(H,22,24). The highest BCUT2D eigenvalue weighted by molar-refractivity contribution is 7.98. The van der Waals surface area contributed by atoms with Crippen LogP contribution in [0.1, 0.15) is 32.7 Å². The number of thioether (sulfide) groups is 1. The summed E-state index contributed by atoms with van der Waals surface area (Å²) in [6.45, 7) is 1.30. The van der Waals surface area contributed by atoms with Crippen LogP contribution in [0.5, 0.6) is 0 Å². The number of carbonyl (C=O) groups is 4. The Bertz CT molecular complexity index is 989. The zero-order valence-corrected chi connectivity index (χ0v) is 16.9. The van der Waals surface area contributed by atoms with E-state index in [9.17, 15) is 19.2 Å². The number of fused-ring (bicyclic) bond motifs is 1. The van der Waals surface area contributed by atoms with Gasteiger partial charge in [-0.05, 0) is 43.5 Å². The van der Waals surface area contributed by atoms with E-state index in [4.69, 9.17) is 4.74 Å². The first-order valence-electron chi connectivity index (χ1n) is 8.95. The average Bonchev–Trinajstić information content (AvgIpc) is 2.94. The van der Waals surface area contributed by atoms with Crippen molar-refractivity contribution in [2.45, 2.75) is 18.2 Å². The number of benzene rings is 2. The quantitative estimate of drug-likeness (QED) is 0.427. The summed E-state index contributed by atoms with van der Waals surface area (Å²) >= 11 is 1.55. The van der Waals surface area contributed by atoms with Gasteiger partial charge in [-0.2, -0.15) is 0 Å². The first-order valence-corrected chi connectivity index (χ1v) is 10.2. The molecule has 0 radical (unpaired) electrons. The molecule has 1 aliphatic heterocycles. The van der Waals surface area contributed by atoms with Crippen molar-refractivity contribution < 1.29 is 23.9 Å². The molecule has 0 fully saturated rings. The van der Waals surface area contributed by atoms with Crippen LogP contribution < -0.4 is 5.32 Å². The fraction of sp³-hybridized carbons (Fsp3) is 0.238. The molecule has 8 heteroatoms. The van der Waals surface area contributed by atoms with Gasteiger partial charge < -0.3 is 10.1 Å². The molecular weight excluding hydrogens is 392 g/mol. The number of ether oxygens (including phenoxy) is 1. The van der Waals surface area contributed by atoms with E-state index in [0.717, 1.165) is 15.4 Å². The summed E-state index contributed by atoms with van der Waals surface area (Å²) in [6, 6.07) is 12.3. The van der Waals surface area contributed by atoms with Gasteiger partial charge in [0.15, 0.2) is 6.61 Å². The van der Waals surface area contributed by atoms with Gasteiger partial charge in [-0.15, -0.1) is 11.8 Å². The summed E-state index contributed by atoms with van der Waals surface area (Å²) < 4.78 is 4.95. The van der Waals surface area contributed by atoms with Gasteiger partial charge >= 0.3 is 5.97 Å². The molecule has 1 N–H and O–H groups in total. The molecule has 1 heterocycles. The molecule has 0 saturated carbocycles. The Morgan fingerprint density at radius 2 is 1.83 bits per heavy atom. The van der Waals surface area contributed by atoms with Gasteiger partial charge in [0, 0.05) is 17.1 Å². The molecule has 7 nitrogen and oxygen atoms in total. The van der Waals surface area contributed by atoms with E-state index in [2.05, 4.69) is 5.32 Å². The molecule has 0 unspecified atom stereocenters. The Labute approximate surface area is 172 Å². The lowest BCUT2D eigenvalue weighted by Crippen LogP contribution is -2.32. The molecule has 150 valence electrons. The molecule has 0 spiro atoms. The van der Waals surface area contributed by atoms with Crippen molar-refractivity contribution in [1.82, 2.24) is 4.90 Å². The summed E-state index contributed by atoms with van der Waals surface area (Å²) in [7, 11) is 0. The number of aryl methyl sites for hydroxylation is 1. The van der Waals surface area contributed by atoms with E-state index < -0.39 is 30.3 Å². The third kappa shape index (κ3) is 4.83. The molecule has 0 bridgehead atoms. The SMILES string of the molecule is CSc1cccc(NC(=O)COC(=O)CCN2C(=O)c3ccc(C)cc3C2=O)c1. The number of hydrogen-bond acceptors (Lipinski definition) is 6. The van der Waals surface area contributed by atoms with Crippen LogP contribution in [0.15, 0.2) is 47.4 Å². The first kappa shape index (κ1) is 20.6. The smallest absolute Gasteiger partial charge is 0.308 e. The maximum atomic E-state index is 12.4. The minimum atomic E-state index is -0.661. The normalized spacial score (nSPS) is 12.7. The fourth-order valence-electron chi connectivity index (χ4n) is 2.93. The molecule has 29 heavy (non-hydrogen) atoms. The molecular formula is C21H20N2O5S. The van der Waals surface area contributed by atoms with Crippen molar-refractivity contribution in [1.29, 1.82) is 0 Å². The Hall–Kier alpha value is -3.13. The topological polar surface area (TPSA) is 92.8 Å². The number of carbonyl (C=O) groups excluding carboxylic acids is 4. The van der Waals surface area contributed by atoms with E-state index in [1.54, 1.807) is 36.0 Å². The third-order valence-electron chi connectivity index (χ3n) is 4.38. The number of anilines is 1. The maximum Gasteiger partial charge on any atom is 0.308 e. The number of hydrogen-bond donors (Lipinski definition) is 1. The lowest BCUT2D eigenvalue weighted by molar-refractivity contribution is -0.147. The van der Waals surface area contributed by atoms with E-state index in [0.29, 0.717) is 16.8 Å². The van der Waals surface area contributed by atoms with Crippen LogP contribution >= 0.6 is 11.8 Å². The largest absolute Gasteiger partial charge is 0.456 e. The Kier molecular flexibility index (Phi) is 6.33. The third-order valence-corrected chi connectivity index (χ3v) is 5.11. The van der Waals surface area contributed by atoms with Crippen molar-refractivity contribution >= 4 is 41.1 Å². The van der Waals surface area contributed by atoms with E-state index in [1.165, 1.54) is 0 Å². The number of imide groups is 1. The first-order chi connectivity index (χ1) is 13.9. The van der Waals surface area contributed by atoms with E-state index >= 15 is 0 Å². The van der Waals surface area contributed by atoms with Crippen molar-refractivity contribution in [3.8, 4) is 0 Å². The van der Waals surface area contributed by atoms with E-state index in [-0.39, 0.29) is 13.0 Å².